The number of ether oxygens (including phenoxy) is 1. The molecule has 0 bridgehead atoms. The lowest BCUT2D eigenvalue weighted by molar-refractivity contribution is -0.145. The van der Waals surface area contributed by atoms with E-state index in [0.29, 0.717) is 6.42 Å². The molecule has 5 heteroatoms. The summed E-state index contributed by atoms with van der Waals surface area (Å²) in [6, 6.07) is -0.800. The number of aliphatic carboxylic acids is 1. The van der Waals surface area contributed by atoms with Crippen LogP contribution in [0.1, 0.15) is 46.0 Å². The number of carboxylic acids is 1. The van der Waals surface area contributed by atoms with Crippen molar-refractivity contribution in [3.05, 3.63) is 0 Å². The quantitative estimate of drug-likeness (QED) is 0.725. The minimum atomic E-state index is -0.975. The molecule has 0 radical (unpaired) electrons. The number of methoxy groups -OCH3 is 1. The molecular weight excluding hydrogens is 234 g/mol. The number of carbonyl (C=O) groups excluding carboxylic acids is 1. The molecule has 1 saturated carbocycles. The fraction of sp³-hybridized carbons (Fsp3) is 0.846. The molecular formula is C13H23NO4. The first-order valence-corrected chi connectivity index (χ1v) is 6.46. The van der Waals surface area contributed by atoms with E-state index in [2.05, 4.69) is 5.32 Å². The van der Waals surface area contributed by atoms with E-state index in [4.69, 9.17) is 9.84 Å². The SMILES string of the molecule is COC1(CC(=O)N[C@@H](CC(C)C)C(=O)O)CCC1. The minimum Gasteiger partial charge on any atom is -0.480 e. The Bertz CT molecular complexity index is 305. The van der Waals surface area contributed by atoms with Crippen molar-refractivity contribution >= 4 is 11.9 Å². The summed E-state index contributed by atoms with van der Waals surface area (Å²) >= 11 is 0. The van der Waals surface area contributed by atoms with Crippen molar-refractivity contribution in [1.29, 1.82) is 0 Å². The van der Waals surface area contributed by atoms with Crippen LogP contribution in [0.3, 0.4) is 0 Å². The number of hydrogen-bond acceptors (Lipinski definition) is 3. The minimum absolute atomic E-state index is 0.228. The van der Waals surface area contributed by atoms with Gasteiger partial charge >= 0.3 is 5.97 Å². The van der Waals surface area contributed by atoms with E-state index in [1.807, 2.05) is 13.8 Å². The molecule has 5 nitrogen and oxygen atoms in total. The number of nitrogens with one attached hydrogen (secondary N) is 1. The molecule has 1 atom stereocenters. The van der Waals surface area contributed by atoms with Gasteiger partial charge in [0.25, 0.3) is 0 Å². The van der Waals surface area contributed by atoms with E-state index in [1.54, 1.807) is 7.11 Å². The predicted octanol–water partition coefficient (Wildman–Crippen LogP) is 1.56. The first kappa shape index (κ1) is 15.0. The highest BCUT2D eigenvalue weighted by Crippen LogP contribution is 2.37. The standard InChI is InChI=1S/C13H23NO4/c1-9(2)7-10(12(16)17)14-11(15)8-13(18-3)5-4-6-13/h9-10H,4-8H2,1-3H3,(H,14,15)(H,16,17)/t10-/m0/s1. The zero-order valence-electron chi connectivity index (χ0n) is 11.4. The predicted molar refractivity (Wildman–Crippen MR) is 67.2 cm³/mol. The van der Waals surface area contributed by atoms with Crippen LogP contribution in [-0.4, -0.2) is 35.7 Å². The highest BCUT2D eigenvalue weighted by Gasteiger charge is 2.39. The maximum atomic E-state index is 11.9. The van der Waals surface area contributed by atoms with Crippen LogP contribution < -0.4 is 5.32 Å². The third kappa shape index (κ3) is 3.98. The van der Waals surface area contributed by atoms with Crippen molar-refractivity contribution < 1.29 is 19.4 Å². The number of rotatable bonds is 7. The highest BCUT2D eigenvalue weighted by molar-refractivity contribution is 5.84. The maximum absolute atomic E-state index is 11.9. The molecule has 0 aromatic carbocycles. The van der Waals surface area contributed by atoms with Gasteiger partial charge in [-0.1, -0.05) is 13.8 Å². The second-order valence-electron chi connectivity index (χ2n) is 5.51. The summed E-state index contributed by atoms with van der Waals surface area (Å²) in [6.07, 6.45) is 3.51. The number of amides is 1. The summed E-state index contributed by atoms with van der Waals surface area (Å²) in [5, 5.41) is 11.6. The molecule has 2 N–H and O–H groups in total. The van der Waals surface area contributed by atoms with Crippen LogP contribution >= 0.6 is 0 Å². The van der Waals surface area contributed by atoms with E-state index in [-0.39, 0.29) is 23.8 Å². The summed E-state index contributed by atoms with van der Waals surface area (Å²) in [5.41, 5.74) is -0.356. The molecule has 0 saturated heterocycles. The average Bonchev–Trinajstić information content (AvgIpc) is 2.21. The molecule has 1 aliphatic rings. The molecule has 104 valence electrons. The van der Waals surface area contributed by atoms with Gasteiger partial charge in [0.15, 0.2) is 0 Å². The topological polar surface area (TPSA) is 75.6 Å². The molecule has 0 spiro atoms. The van der Waals surface area contributed by atoms with Gasteiger partial charge in [-0.05, 0) is 31.6 Å². The van der Waals surface area contributed by atoms with Gasteiger partial charge in [0.05, 0.1) is 12.0 Å². The van der Waals surface area contributed by atoms with Crippen LogP contribution in [0.25, 0.3) is 0 Å². The summed E-state index contributed by atoms with van der Waals surface area (Å²) in [7, 11) is 1.61. The lowest BCUT2D eigenvalue weighted by Crippen LogP contribution is -2.48. The Morgan fingerprint density at radius 3 is 2.33 bits per heavy atom. The Morgan fingerprint density at radius 1 is 1.39 bits per heavy atom. The smallest absolute Gasteiger partial charge is 0.326 e. The number of carbonyl (C=O) groups is 2. The molecule has 1 rings (SSSR count). The summed E-state index contributed by atoms with van der Waals surface area (Å²) in [6.45, 7) is 3.87. The van der Waals surface area contributed by atoms with Crippen LogP contribution in [0, 0.1) is 5.92 Å². The Balaban J connectivity index is 2.48. The molecule has 0 aromatic rings. The van der Waals surface area contributed by atoms with E-state index < -0.39 is 12.0 Å². The van der Waals surface area contributed by atoms with E-state index in [1.165, 1.54) is 0 Å². The van der Waals surface area contributed by atoms with Crippen LogP contribution in [0.5, 0.6) is 0 Å². The van der Waals surface area contributed by atoms with E-state index in [0.717, 1.165) is 19.3 Å². The zero-order valence-corrected chi connectivity index (χ0v) is 11.4. The Labute approximate surface area is 108 Å². The number of hydrogen-bond donors (Lipinski definition) is 2. The zero-order chi connectivity index (χ0) is 13.8. The molecule has 0 aliphatic heterocycles. The summed E-state index contributed by atoms with van der Waals surface area (Å²) < 4.78 is 5.36. The van der Waals surface area contributed by atoms with Gasteiger partial charge in [0.1, 0.15) is 6.04 Å². The van der Waals surface area contributed by atoms with Crippen LogP contribution in [-0.2, 0) is 14.3 Å². The Hall–Kier alpha value is -1.10. The second kappa shape index (κ2) is 6.18. The van der Waals surface area contributed by atoms with E-state index in [9.17, 15) is 9.59 Å². The molecule has 18 heavy (non-hydrogen) atoms. The van der Waals surface area contributed by atoms with Crippen molar-refractivity contribution in [1.82, 2.24) is 5.32 Å². The number of carboxylic acid groups (broad SMARTS) is 1. The molecule has 1 fully saturated rings. The maximum Gasteiger partial charge on any atom is 0.326 e. The van der Waals surface area contributed by atoms with Gasteiger partial charge in [-0.3, -0.25) is 4.79 Å². The molecule has 0 aromatic heterocycles. The third-order valence-electron chi connectivity index (χ3n) is 3.52. The van der Waals surface area contributed by atoms with Crippen molar-refractivity contribution in [3.63, 3.8) is 0 Å². The average molecular weight is 257 g/mol. The van der Waals surface area contributed by atoms with Crippen LogP contribution in [0.15, 0.2) is 0 Å². The van der Waals surface area contributed by atoms with Crippen LogP contribution in [0.4, 0.5) is 0 Å². The first-order chi connectivity index (χ1) is 8.38. The summed E-state index contributed by atoms with van der Waals surface area (Å²) in [5.74, 6) is -0.979. The van der Waals surface area contributed by atoms with Crippen molar-refractivity contribution in [2.24, 2.45) is 5.92 Å². The molecule has 0 heterocycles. The second-order valence-corrected chi connectivity index (χ2v) is 5.51. The van der Waals surface area contributed by atoms with Gasteiger partial charge in [-0.15, -0.1) is 0 Å². The summed E-state index contributed by atoms with van der Waals surface area (Å²) in [4.78, 5) is 22.9. The normalized spacial score (nSPS) is 19.1. The monoisotopic (exact) mass is 257 g/mol. The molecule has 0 unspecified atom stereocenters. The third-order valence-corrected chi connectivity index (χ3v) is 3.52. The fourth-order valence-electron chi connectivity index (χ4n) is 2.26. The highest BCUT2D eigenvalue weighted by atomic mass is 16.5. The van der Waals surface area contributed by atoms with Crippen molar-refractivity contribution in [2.75, 3.05) is 7.11 Å². The van der Waals surface area contributed by atoms with Crippen molar-refractivity contribution in [2.45, 2.75) is 57.6 Å². The van der Waals surface area contributed by atoms with Gasteiger partial charge in [-0.2, -0.15) is 0 Å². The van der Waals surface area contributed by atoms with Crippen molar-refractivity contribution in [3.8, 4) is 0 Å². The molecule has 1 amide bonds. The largest absolute Gasteiger partial charge is 0.480 e. The first-order valence-electron chi connectivity index (χ1n) is 6.46. The Kier molecular flexibility index (Phi) is 5.14. The molecule has 1 aliphatic carbocycles. The Morgan fingerprint density at radius 2 is 2.00 bits per heavy atom. The lowest BCUT2D eigenvalue weighted by Gasteiger charge is -2.40. The van der Waals surface area contributed by atoms with Gasteiger partial charge in [-0.25, -0.2) is 4.79 Å². The van der Waals surface area contributed by atoms with E-state index >= 15 is 0 Å². The lowest BCUT2D eigenvalue weighted by atomic mass is 9.77. The van der Waals surface area contributed by atoms with Crippen LogP contribution in [0.2, 0.25) is 0 Å². The van der Waals surface area contributed by atoms with Gasteiger partial charge < -0.3 is 15.2 Å². The fourth-order valence-corrected chi connectivity index (χ4v) is 2.26. The van der Waals surface area contributed by atoms with Gasteiger partial charge in [0, 0.05) is 7.11 Å². The van der Waals surface area contributed by atoms with Gasteiger partial charge in [0.2, 0.25) is 5.91 Å².